The number of thioether (sulfide) groups is 1. The molecule has 0 spiro atoms. The van der Waals surface area contributed by atoms with Gasteiger partial charge in [0, 0.05) is 5.75 Å². The summed E-state index contributed by atoms with van der Waals surface area (Å²) in [5.41, 5.74) is 3.42. The van der Waals surface area contributed by atoms with E-state index >= 15 is 0 Å². The first-order chi connectivity index (χ1) is 17.1. The van der Waals surface area contributed by atoms with Gasteiger partial charge in [-0.15, -0.1) is 11.8 Å². The summed E-state index contributed by atoms with van der Waals surface area (Å²) < 4.78 is -0.510. The maximum absolute atomic E-state index is 11.9. The average molecular weight is 491 g/mol. The second-order valence-corrected chi connectivity index (χ2v) is 10.5. The second kappa shape index (κ2) is 14.1. The molecule has 0 fully saturated rings. The summed E-state index contributed by atoms with van der Waals surface area (Å²) in [6.45, 7) is 2.18. The zero-order valence-electron chi connectivity index (χ0n) is 20.7. The van der Waals surface area contributed by atoms with Crippen molar-refractivity contribution >= 4 is 17.7 Å². The Hall–Kier alpha value is -2.56. The maximum atomic E-state index is 11.9. The molecule has 35 heavy (non-hydrogen) atoms. The number of hydrogen-bond acceptors (Lipinski definition) is 3. The summed E-state index contributed by atoms with van der Waals surface area (Å²) in [5, 5.41) is 20.8. The Balaban J connectivity index is 1.83. The van der Waals surface area contributed by atoms with Crippen molar-refractivity contribution in [1.82, 2.24) is 0 Å². The van der Waals surface area contributed by atoms with Crippen LogP contribution in [0.3, 0.4) is 0 Å². The normalized spacial score (nSPS) is 13.3. The van der Waals surface area contributed by atoms with Crippen molar-refractivity contribution in [2.45, 2.75) is 62.7 Å². The first-order valence-electron chi connectivity index (χ1n) is 12.8. The maximum Gasteiger partial charge on any atom is 0.306 e. The Morgan fingerprint density at radius 2 is 1.23 bits per heavy atom. The SMILES string of the molecule is CCCCCCCC(CC(O)CSC(c1ccccc1)(c1ccccc1)c1ccccc1)C(=O)O. The van der Waals surface area contributed by atoms with Crippen molar-refractivity contribution in [2.24, 2.45) is 5.92 Å². The molecule has 2 N–H and O–H groups in total. The van der Waals surface area contributed by atoms with Crippen molar-refractivity contribution in [3.8, 4) is 0 Å². The molecule has 4 heteroatoms. The van der Waals surface area contributed by atoms with Gasteiger partial charge in [0.15, 0.2) is 0 Å². The number of carboxylic acids is 1. The molecule has 0 heterocycles. The van der Waals surface area contributed by atoms with E-state index in [9.17, 15) is 15.0 Å². The fraction of sp³-hybridized carbons (Fsp3) is 0.387. The predicted molar refractivity (Wildman–Crippen MR) is 147 cm³/mol. The molecule has 0 saturated carbocycles. The van der Waals surface area contributed by atoms with Crippen LogP contribution in [0.5, 0.6) is 0 Å². The number of rotatable bonds is 15. The fourth-order valence-electron chi connectivity index (χ4n) is 4.72. The summed E-state index contributed by atoms with van der Waals surface area (Å²) in [6, 6.07) is 31.1. The van der Waals surface area contributed by atoms with E-state index in [0.717, 1.165) is 36.0 Å². The topological polar surface area (TPSA) is 57.5 Å². The highest BCUT2D eigenvalue weighted by Gasteiger charge is 2.37. The molecule has 3 aromatic rings. The Bertz CT molecular complexity index is 895. The second-order valence-electron chi connectivity index (χ2n) is 9.22. The van der Waals surface area contributed by atoms with Gasteiger partial charge in [0.2, 0.25) is 0 Å². The number of benzene rings is 3. The third-order valence-corrected chi connectivity index (χ3v) is 8.29. The van der Waals surface area contributed by atoms with Crippen LogP contribution in [0.4, 0.5) is 0 Å². The minimum Gasteiger partial charge on any atom is -0.481 e. The summed E-state index contributed by atoms with van der Waals surface area (Å²) in [6.07, 6.45) is 5.68. The average Bonchev–Trinajstić information content (AvgIpc) is 2.90. The van der Waals surface area contributed by atoms with Crippen LogP contribution in [0.25, 0.3) is 0 Å². The summed E-state index contributed by atoms with van der Waals surface area (Å²) in [4.78, 5) is 11.9. The van der Waals surface area contributed by atoms with E-state index in [2.05, 4.69) is 43.3 Å². The van der Waals surface area contributed by atoms with Gasteiger partial charge in [-0.1, -0.05) is 130 Å². The molecule has 0 aromatic heterocycles. The lowest BCUT2D eigenvalue weighted by atomic mass is 9.84. The molecule has 0 saturated heterocycles. The molecule has 3 nitrogen and oxygen atoms in total. The van der Waals surface area contributed by atoms with Gasteiger partial charge in [-0.2, -0.15) is 0 Å². The highest BCUT2D eigenvalue weighted by Crippen LogP contribution is 2.48. The number of carboxylic acid groups (broad SMARTS) is 1. The van der Waals surface area contributed by atoms with Gasteiger partial charge < -0.3 is 10.2 Å². The fourth-order valence-corrected chi connectivity index (χ4v) is 6.21. The summed E-state index contributed by atoms with van der Waals surface area (Å²) >= 11 is 1.68. The van der Waals surface area contributed by atoms with Gasteiger partial charge in [-0.3, -0.25) is 4.79 Å². The predicted octanol–water partition coefficient (Wildman–Crippen LogP) is 7.52. The summed E-state index contributed by atoms with van der Waals surface area (Å²) in [7, 11) is 0. The van der Waals surface area contributed by atoms with Gasteiger partial charge in [-0.25, -0.2) is 0 Å². The van der Waals surface area contributed by atoms with E-state index in [1.807, 2.05) is 54.6 Å². The number of aliphatic hydroxyl groups is 1. The van der Waals surface area contributed by atoms with Crippen molar-refractivity contribution in [1.29, 1.82) is 0 Å². The van der Waals surface area contributed by atoms with Crippen molar-refractivity contribution in [2.75, 3.05) is 5.75 Å². The Labute approximate surface area is 214 Å². The summed E-state index contributed by atoms with van der Waals surface area (Å²) in [5.74, 6) is -0.866. The van der Waals surface area contributed by atoms with E-state index in [1.165, 1.54) is 12.8 Å². The van der Waals surface area contributed by atoms with Crippen molar-refractivity contribution in [3.63, 3.8) is 0 Å². The third kappa shape index (κ3) is 7.46. The molecule has 0 aliphatic carbocycles. The van der Waals surface area contributed by atoms with E-state index < -0.39 is 22.7 Å². The highest BCUT2D eigenvalue weighted by atomic mass is 32.2. The zero-order chi connectivity index (χ0) is 24.9. The Morgan fingerprint density at radius 1 is 0.771 bits per heavy atom. The van der Waals surface area contributed by atoms with E-state index in [1.54, 1.807) is 11.8 Å². The lowest BCUT2D eigenvalue weighted by Crippen LogP contribution is -2.29. The van der Waals surface area contributed by atoms with Gasteiger partial charge in [0.1, 0.15) is 0 Å². The van der Waals surface area contributed by atoms with Crippen LogP contribution < -0.4 is 0 Å². The zero-order valence-corrected chi connectivity index (χ0v) is 21.5. The molecular formula is C31H38O3S. The quantitative estimate of drug-likeness (QED) is 0.171. The van der Waals surface area contributed by atoms with Gasteiger partial charge in [0.05, 0.1) is 16.8 Å². The molecule has 3 aromatic carbocycles. The minimum absolute atomic E-state index is 0.282. The van der Waals surface area contributed by atoms with Crippen LogP contribution in [0.15, 0.2) is 91.0 Å². The van der Waals surface area contributed by atoms with Crippen LogP contribution in [0.2, 0.25) is 0 Å². The Kier molecular flexibility index (Phi) is 10.9. The number of aliphatic hydroxyl groups excluding tert-OH is 1. The van der Waals surface area contributed by atoms with Crippen LogP contribution in [0, 0.1) is 5.92 Å². The molecule has 0 amide bonds. The van der Waals surface area contributed by atoms with Crippen LogP contribution in [-0.4, -0.2) is 28.0 Å². The molecule has 186 valence electrons. The van der Waals surface area contributed by atoms with Gasteiger partial charge >= 0.3 is 5.97 Å². The molecule has 0 aliphatic heterocycles. The van der Waals surface area contributed by atoms with E-state index in [4.69, 9.17) is 0 Å². The highest BCUT2D eigenvalue weighted by molar-refractivity contribution is 8.00. The minimum atomic E-state index is -0.801. The van der Waals surface area contributed by atoms with Crippen LogP contribution >= 0.6 is 11.8 Å². The van der Waals surface area contributed by atoms with Gasteiger partial charge in [0.25, 0.3) is 0 Å². The number of unbranched alkanes of at least 4 members (excludes halogenated alkanes) is 4. The smallest absolute Gasteiger partial charge is 0.306 e. The number of hydrogen-bond donors (Lipinski definition) is 2. The van der Waals surface area contributed by atoms with E-state index in [-0.39, 0.29) is 6.42 Å². The molecule has 0 radical (unpaired) electrons. The molecule has 2 unspecified atom stereocenters. The standard InChI is InChI=1S/C31H38O3S/c1-2-3-4-5-9-16-25(30(33)34)23-29(32)24-35-31(26-17-10-6-11-18-26,27-19-12-7-13-20-27)28-21-14-8-15-22-28/h6-8,10-15,17-22,25,29,32H,2-5,9,16,23-24H2,1H3,(H,33,34). The number of aliphatic carboxylic acids is 1. The van der Waals surface area contributed by atoms with Gasteiger partial charge in [-0.05, 0) is 29.5 Å². The van der Waals surface area contributed by atoms with Crippen LogP contribution in [0.1, 0.15) is 68.6 Å². The Morgan fingerprint density at radius 3 is 1.66 bits per heavy atom. The molecule has 0 aliphatic rings. The first kappa shape index (κ1) is 27.0. The van der Waals surface area contributed by atoms with Crippen molar-refractivity contribution < 1.29 is 15.0 Å². The molecule has 2 atom stereocenters. The third-order valence-electron chi connectivity index (χ3n) is 6.60. The largest absolute Gasteiger partial charge is 0.481 e. The molecule has 3 rings (SSSR count). The number of carbonyl (C=O) groups is 1. The van der Waals surface area contributed by atoms with E-state index in [0.29, 0.717) is 12.2 Å². The molecular weight excluding hydrogens is 452 g/mol. The lowest BCUT2D eigenvalue weighted by Gasteiger charge is -2.36. The lowest BCUT2D eigenvalue weighted by molar-refractivity contribution is -0.143. The monoisotopic (exact) mass is 490 g/mol. The van der Waals surface area contributed by atoms with Crippen LogP contribution in [-0.2, 0) is 9.54 Å². The van der Waals surface area contributed by atoms with Crippen molar-refractivity contribution in [3.05, 3.63) is 108 Å². The first-order valence-corrected chi connectivity index (χ1v) is 13.8. The molecule has 0 bridgehead atoms.